The number of carbonyl (C=O) groups is 1. The Bertz CT molecular complexity index is 505. The molecular weight excluding hydrogens is 255 g/mol. The third-order valence-corrected chi connectivity index (χ3v) is 4.27. The molecule has 4 heteroatoms. The van der Waals surface area contributed by atoms with E-state index in [1.54, 1.807) is 6.07 Å². The Balaban J connectivity index is 1.71. The molecule has 0 atom stereocenters. The van der Waals surface area contributed by atoms with Crippen molar-refractivity contribution in [3.05, 3.63) is 29.6 Å². The van der Waals surface area contributed by atoms with Crippen LogP contribution >= 0.6 is 0 Å². The van der Waals surface area contributed by atoms with E-state index < -0.39 is 5.82 Å². The standard InChI is InChI=1S/C16H21FN2O/c1-12(20)16-14(17)3-2-4-15(16)19-9-7-18(8-10-19)11-13-5-6-13/h2-4,13H,5-11H2,1H3. The summed E-state index contributed by atoms with van der Waals surface area (Å²) in [5, 5.41) is 0. The van der Waals surface area contributed by atoms with Gasteiger partial charge < -0.3 is 4.90 Å². The quantitative estimate of drug-likeness (QED) is 0.790. The second kappa shape index (κ2) is 5.52. The Kier molecular flexibility index (Phi) is 3.74. The van der Waals surface area contributed by atoms with Gasteiger partial charge in [0, 0.05) is 32.7 Å². The molecule has 0 aromatic heterocycles. The number of piperazine rings is 1. The normalized spacial score (nSPS) is 20.2. The maximum atomic E-state index is 13.9. The van der Waals surface area contributed by atoms with Gasteiger partial charge in [0.05, 0.1) is 11.3 Å². The Hall–Kier alpha value is -1.42. The summed E-state index contributed by atoms with van der Waals surface area (Å²) in [5.41, 5.74) is 0.992. The van der Waals surface area contributed by atoms with Crippen LogP contribution in [0.4, 0.5) is 10.1 Å². The number of hydrogen-bond acceptors (Lipinski definition) is 3. The number of rotatable bonds is 4. The predicted octanol–water partition coefficient (Wildman–Crippen LogP) is 2.56. The number of anilines is 1. The molecule has 0 amide bonds. The molecule has 1 aromatic rings. The minimum absolute atomic E-state index is 0.196. The Morgan fingerprint density at radius 2 is 1.95 bits per heavy atom. The van der Waals surface area contributed by atoms with Crippen molar-refractivity contribution in [1.82, 2.24) is 4.90 Å². The van der Waals surface area contributed by atoms with E-state index in [4.69, 9.17) is 0 Å². The molecule has 108 valence electrons. The van der Waals surface area contributed by atoms with Gasteiger partial charge in [-0.25, -0.2) is 4.39 Å². The highest BCUT2D eigenvalue weighted by molar-refractivity contribution is 6.00. The fourth-order valence-corrected chi connectivity index (χ4v) is 2.96. The van der Waals surface area contributed by atoms with E-state index in [0.717, 1.165) is 37.8 Å². The van der Waals surface area contributed by atoms with Crippen LogP contribution in [0.1, 0.15) is 30.1 Å². The van der Waals surface area contributed by atoms with Crippen molar-refractivity contribution in [2.24, 2.45) is 5.92 Å². The number of carbonyl (C=O) groups excluding carboxylic acids is 1. The fourth-order valence-electron chi connectivity index (χ4n) is 2.96. The number of benzene rings is 1. The average Bonchev–Trinajstić information content (AvgIpc) is 3.23. The number of nitrogens with zero attached hydrogens (tertiary/aromatic N) is 2. The van der Waals surface area contributed by atoms with Gasteiger partial charge >= 0.3 is 0 Å². The molecule has 1 aromatic carbocycles. The number of halogens is 1. The zero-order valence-corrected chi connectivity index (χ0v) is 11.9. The molecule has 1 saturated carbocycles. The number of hydrogen-bond donors (Lipinski definition) is 0. The highest BCUT2D eigenvalue weighted by Gasteiger charge is 2.27. The van der Waals surface area contributed by atoms with Crippen LogP contribution in [-0.4, -0.2) is 43.4 Å². The first-order valence-electron chi connectivity index (χ1n) is 7.42. The maximum absolute atomic E-state index is 13.9. The Labute approximate surface area is 119 Å². The van der Waals surface area contributed by atoms with Gasteiger partial charge in [0.15, 0.2) is 5.78 Å². The first-order chi connectivity index (χ1) is 9.65. The van der Waals surface area contributed by atoms with E-state index >= 15 is 0 Å². The van der Waals surface area contributed by atoms with E-state index in [-0.39, 0.29) is 11.3 Å². The predicted molar refractivity (Wildman–Crippen MR) is 77.8 cm³/mol. The topological polar surface area (TPSA) is 23.6 Å². The summed E-state index contributed by atoms with van der Waals surface area (Å²) < 4.78 is 13.9. The van der Waals surface area contributed by atoms with E-state index in [1.807, 2.05) is 6.07 Å². The van der Waals surface area contributed by atoms with Crippen LogP contribution in [0.15, 0.2) is 18.2 Å². The van der Waals surface area contributed by atoms with Crippen LogP contribution in [0, 0.1) is 11.7 Å². The van der Waals surface area contributed by atoms with Crippen molar-refractivity contribution < 1.29 is 9.18 Å². The zero-order valence-electron chi connectivity index (χ0n) is 11.9. The molecule has 1 aliphatic carbocycles. The lowest BCUT2D eigenvalue weighted by Crippen LogP contribution is -2.47. The van der Waals surface area contributed by atoms with Crippen LogP contribution in [0.25, 0.3) is 0 Å². The molecule has 0 spiro atoms. The monoisotopic (exact) mass is 276 g/mol. The Morgan fingerprint density at radius 3 is 2.55 bits per heavy atom. The van der Waals surface area contributed by atoms with Gasteiger partial charge in [0.25, 0.3) is 0 Å². The van der Waals surface area contributed by atoms with Gasteiger partial charge in [-0.2, -0.15) is 0 Å². The minimum Gasteiger partial charge on any atom is -0.368 e. The van der Waals surface area contributed by atoms with Crippen LogP contribution in [0.5, 0.6) is 0 Å². The van der Waals surface area contributed by atoms with Gasteiger partial charge in [-0.15, -0.1) is 0 Å². The molecule has 2 fully saturated rings. The summed E-state index contributed by atoms with van der Waals surface area (Å²) in [6.45, 7) is 6.39. The summed E-state index contributed by atoms with van der Waals surface area (Å²) in [4.78, 5) is 16.3. The van der Waals surface area contributed by atoms with Crippen LogP contribution in [0.2, 0.25) is 0 Å². The van der Waals surface area contributed by atoms with Crippen LogP contribution in [0.3, 0.4) is 0 Å². The molecule has 20 heavy (non-hydrogen) atoms. The molecule has 1 aliphatic heterocycles. The molecule has 0 bridgehead atoms. The molecule has 0 N–H and O–H groups in total. The Morgan fingerprint density at radius 1 is 1.25 bits per heavy atom. The van der Waals surface area contributed by atoms with Crippen molar-refractivity contribution in [2.45, 2.75) is 19.8 Å². The molecule has 2 aliphatic rings. The summed E-state index contributed by atoms with van der Waals surface area (Å²) >= 11 is 0. The summed E-state index contributed by atoms with van der Waals surface area (Å²) in [5.74, 6) is 0.303. The molecule has 3 nitrogen and oxygen atoms in total. The third kappa shape index (κ3) is 2.85. The van der Waals surface area contributed by atoms with Crippen molar-refractivity contribution in [3.8, 4) is 0 Å². The van der Waals surface area contributed by atoms with E-state index in [0.29, 0.717) is 0 Å². The number of ketones is 1. The van der Waals surface area contributed by atoms with Crippen molar-refractivity contribution in [3.63, 3.8) is 0 Å². The molecule has 0 radical (unpaired) electrons. The van der Waals surface area contributed by atoms with Crippen LogP contribution < -0.4 is 4.90 Å². The molecule has 3 rings (SSSR count). The zero-order chi connectivity index (χ0) is 14.1. The lowest BCUT2D eigenvalue weighted by Gasteiger charge is -2.36. The number of Topliss-reactive ketones (excluding diaryl/α,β-unsaturated/α-hetero) is 1. The van der Waals surface area contributed by atoms with Crippen molar-refractivity contribution in [1.29, 1.82) is 0 Å². The summed E-state index contributed by atoms with van der Waals surface area (Å²) in [7, 11) is 0. The van der Waals surface area contributed by atoms with E-state index in [2.05, 4.69) is 9.80 Å². The minimum atomic E-state index is -0.407. The SMILES string of the molecule is CC(=O)c1c(F)cccc1N1CCN(CC2CC2)CC1. The lowest BCUT2D eigenvalue weighted by molar-refractivity contribution is 0.101. The van der Waals surface area contributed by atoms with E-state index in [1.165, 1.54) is 32.4 Å². The van der Waals surface area contributed by atoms with Gasteiger partial charge in [0.1, 0.15) is 5.82 Å². The first-order valence-corrected chi connectivity index (χ1v) is 7.42. The second-order valence-corrected chi connectivity index (χ2v) is 5.92. The van der Waals surface area contributed by atoms with Crippen molar-refractivity contribution in [2.75, 3.05) is 37.6 Å². The molecule has 1 heterocycles. The van der Waals surface area contributed by atoms with Crippen LogP contribution in [-0.2, 0) is 0 Å². The maximum Gasteiger partial charge on any atom is 0.164 e. The third-order valence-electron chi connectivity index (χ3n) is 4.27. The molecule has 1 saturated heterocycles. The van der Waals surface area contributed by atoms with Crippen molar-refractivity contribution >= 4 is 11.5 Å². The fraction of sp³-hybridized carbons (Fsp3) is 0.562. The van der Waals surface area contributed by atoms with Gasteiger partial charge in [-0.05, 0) is 37.8 Å². The molecule has 0 unspecified atom stereocenters. The van der Waals surface area contributed by atoms with Gasteiger partial charge in [0.2, 0.25) is 0 Å². The van der Waals surface area contributed by atoms with Gasteiger partial charge in [-0.3, -0.25) is 9.69 Å². The average molecular weight is 276 g/mol. The molecular formula is C16H21FN2O. The largest absolute Gasteiger partial charge is 0.368 e. The highest BCUT2D eigenvalue weighted by Crippen LogP contribution is 2.30. The lowest BCUT2D eigenvalue weighted by atomic mass is 10.1. The first kappa shape index (κ1) is 13.6. The smallest absolute Gasteiger partial charge is 0.164 e. The highest BCUT2D eigenvalue weighted by atomic mass is 19.1. The summed E-state index contributed by atoms with van der Waals surface area (Å²) in [6, 6.07) is 4.91. The van der Waals surface area contributed by atoms with E-state index in [9.17, 15) is 9.18 Å². The summed E-state index contributed by atoms with van der Waals surface area (Å²) in [6.07, 6.45) is 2.75. The second-order valence-electron chi connectivity index (χ2n) is 5.92. The van der Waals surface area contributed by atoms with Gasteiger partial charge in [-0.1, -0.05) is 6.07 Å².